The number of aromatic nitrogens is 2. The van der Waals surface area contributed by atoms with Gasteiger partial charge in [0.15, 0.2) is 0 Å². The van der Waals surface area contributed by atoms with Gasteiger partial charge in [-0.25, -0.2) is 4.63 Å². The zero-order valence-electron chi connectivity index (χ0n) is 15.4. The summed E-state index contributed by atoms with van der Waals surface area (Å²) in [4.78, 5) is 11.8. The fourth-order valence-corrected chi connectivity index (χ4v) is 2.51. The van der Waals surface area contributed by atoms with Gasteiger partial charge in [0.2, 0.25) is 11.5 Å². The molecule has 8 nitrogen and oxygen atoms in total. The Morgan fingerprint density at radius 1 is 1.03 bits per heavy atom. The number of nitrogens with one attached hydrogen (secondary N) is 2. The van der Waals surface area contributed by atoms with Crippen molar-refractivity contribution in [3.63, 3.8) is 0 Å². The molecule has 0 radical (unpaired) electrons. The van der Waals surface area contributed by atoms with Crippen molar-refractivity contribution in [2.45, 2.75) is 13.2 Å². The van der Waals surface area contributed by atoms with Gasteiger partial charge < -0.3 is 33.5 Å². The minimum absolute atomic E-state index is 0. The molecule has 3 aromatic rings. The fourth-order valence-electron chi connectivity index (χ4n) is 2.38. The largest absolute Gasteiger partial charge is 1.00 e. The molecule has 3 rings (SSSR count). The molecule has 1 amide bonds. The maximum absolute atomic E-state index is 11.8. The Balaban J connectivity index is 0.00000300. The molecule has 0 aliphatic carbocycles. The first-order valence-corrected chi connectivity index (χ1v) is 9.03. The third-order valence-corrected chi connectivity index (χ3v) is 4.14. The molecule has 0 saturated heterocycles. The highest BCUT2D eigenvalue weighted by atomic mass is 35.5. The lowest BCUT2D eigenvalue weighted by Gasteiger charge is -2.09. The number of carbonyl (C=O) groups excluding carboxylic acids is 1. The SMILES string of the molecule is Nc1nonc1C(=O)NCCNCc1ccc(OCc2ccc(Cl)cc2)cc1.[Cl-]. The van der Waals surface area contributed by atoms with Crippen LogP contribution in [0.2, 0.25) is 5.02 Å². The van der Waals surface area contributed by atoms with Crippen molar-refractivity contribution >= 4 is 23.3 Å². The van der Waals surface area contributed by atoms with Gasteiger partial charge in [-0.2, -0.15) is 0 Å². The topological polar surface area (TPSA) is 115 Å². The maximum Gasteiger partial charge on any atom is 0.277 e. The molecule has 0 bridgehead atoms. The molecule has 4 N–H and O–H groups in total. The predicted octanol–water partition coefficient (Wildman–Crippen LogP) is -0.592. The first-order valence-electron chi connectivity index (χ1n) is 8.65. The lowest BCUT2D eigenvalue weighted by Crippen LogP contribution is -3.00. The van der Waals surface area contributed by atoms with E-state index in [1.54, 1.807) is 0 Å². The molecule has 10 heteroatoms. The Morgan fingerprint density at radius 3 is 2.38 bits per heavy atom. The second kappa shape index (κ2) is 11.3. The summed E-state index contributed by atoms with van der Waals surface area (Å²) in [5.74, 6) is 0.358. The van der Waals surface area contributed by atoms with Crippen LogP contribution in [-0.4, -0.2) is 29.3 Å². The molecule has 0 aliphatic rings. The van der Waals surface area contributed by atoms with Gasteiger partial charge in [-0.1, -0.05) is 35.9 Å². The van der Waals surface area contributed by atoms with E-state index >= 15 is 0 Å². The molecular formula is C19H20Cl2N5O3-. The normalized spacial score (nSPS) is 10.2. The van der Waals surface area contributed by atoms with Gasteiger partial charge in [-0.3, -0.25) is 4.79 Å². The number of anilines is 1. The van der Waals surface area contributed by atoms with Crippen LogP contribution in [-0.2, 0) is 13.2 Å². The monoisotopic (exact) mass is 436 g/mol. The van der Waals surface area contributed by atoms with Gasteiger partial charge in [-0.05, 0) is 45.7 Å². The lowest BCUT2D eigenvalue weighted by molar-refractivity contribution is -0.0000149. The summed E-state index contributed by atoms with van der Waals surface area (Å²) < 4.78 is 10.2. The Hall–Kier alpha value is -2.81. The quantitative estimate of drug-likeness (QED) is 0.383. The molecule has 1 heterocycles. The van der Waals surface area contributed by atoms with Crippen molar-refractivity contribution < 1.29 is 26.6 Å². The van der Waals surface area contributed by atoms with E-state index in [4.69, 9.17) is 22.1 Å². The molecule has 2 aromatic carbocycles. The molecule has 0 atom stereocenters. The highest BCUT2D eigenvalue weighted by Gasteiger charge is 2.14. The zero-order valence-corrected chi connectivity index (χ0v) is 16.9. The number of benzene rings is 2. The van der Waals surface area contributed by atoms with E-state index in [-0.39, 0.29) is 23.9 Å². The fraction of sp³-hybridized carbons (Fsp3) is 0.211. The van der Waals surface area contributed by atoms with Crippen LogP contribution in [0, 0.1) is 0 Å². The third-order valence-electron chi connectivity index (χ3n) is 3.89. The Bertz CT molecular complexity index is 901. The standard InChI is InChI=1S/C19H20ClN5O3.ClH/c20-15-5-1-14(2-6-15)12-27-16-7-3-13(4-8-16)11-22-9-10-23-19(26)17-18(21)25-28-24-17;/h1-8,22H,9-12H2,(H2,21,25)(H,23,26);1H/p-1. The molecule has 1 aromatic heterocycles. The van der Waals surface area contributed by atoms with E-state index in [1.807, 2.05) is 48.5 Å². The van der Waals surface area contributed by atoms with E-state index in [2.05, 4.69) is 25.6 Å². The number of hydrogen-bond donors (Lipinski definition) is 3. The van der Waals surface area contributed by atoms with E-state index in [0.29, 0.717) is 31.3 Å². The summed E-state index contributed by atoms with van der Waals surface area (Å²) >= 11 is 5.87. The van der Waals surface area contributed by atoms with Crippen LogP contribution in [0.3, 0.4) is 0 Å². The summed E-state index contributed by atoms with van der Waals surface area (Å²) in [5, 5.41) is 13.4. The van der Waals surface area contributed by atoms with Crippen molar-refractivity contribution in [2.75, 3.05) is 18.8 Å². The minimum atomic E-state index is -0.414. The van der Waals surface area contributed by atoms with Crippen LogP contribution in [0.5, 0.6) is 5.75 Å². The van der Waals surface area contributed by atoms with Gasteiger partial charge in [0.25, 0.3) is 5.91 Å². The van der Waals surface area contributed by atoms with E-state index in [9.17, 15) is 4.79 Å². The van der Waals surface area contributed by atoms with E-state index < -0.39 is 5.91 Å². The Kier molecular flexibility index (Phi) is 8.72. The smallest absolute Gasteiger partial charge is 0.277 e. The number of amides is 1. The Labute approximate surface area is 179 Å². The minimum Gasteiger partial charge on any atom is -1.00 e. The molecule has 0 saturated carbocycles. The van der Waals surface area contributed by atoms with Gasteiger partial charge in [0.05, 0.1) is 0 Å². The summed E-state index contributed by atoms with van der Waals surface area (Å²) in [7, 11) is 0. The summed E-state index contributed by atoms with van der Waals surface area (Å²) in [5.41, 5.74) is 7.62. The highest BCUT2D eigenvalue weighted by Crippen LogP contribution is 2.15. The van der Waals surface area contributed by atoms with Crippen molar-refractivity contribution in [2.24, 2.45) is 0 Å². The third kappa shape index (κ3) is 6.94. The number of carbonyl (C=O) groups is 1. The first-order chi connectivity index (χ1) is 13.6. The van der Waals surface area contributed by atoms with E-state index in [0.717, 1.165) is 16.9 Å². The van der Waals surface area contributed by atoms with E-state index in [1.165, 1.54) is 0 Å². The van der Waals surface area contributed by atoms with Crippen molar-refractivity contribution in [1.29, 1.82) is 0 Å². The molecule has 29 heavy (non-hydrogen) atoms. The number of nitrogens with two attached hydrogens (primary N) is 1. The van der Waals surface area contributed by atoms with Crippen LogP contribution in [0.1, 0.15) is 21.6 Å². The lowest BCUT2D eigenvalue weighted by atomic mass is 10.2. The highest BCUT2D eigenvalue weighted by molar-refractivity contribution is 6.30. The number of hydrogen-bond acceptors (Lipinski definition) is 7. The van der Waals surface area contributed by atoms with Crippen molar-refractivity contribution in [1.82, 2.24) is 20.9 Å². The second-order valence-electron chi connectivity index (χ2n) is 5.99. The molecule has 0 spiro atoms. The predicted molar refractivity (Wildman–Crippen MR) is 105 cm³/mol. The average molecular weight is 437 g/mol. The maximum atomic E-state index is 11.8. The molecule has 0 aliphatic heterocycles. The molecular weight excluding hydrogens is 417 g/mol. The van der Waals surface area contributed by atoms with Crippen molar-refractivity contribution in [3.05, 3.63) is 70.4 Å². The molecule has 0 fully saturated rings. The molecule has 154 valence electrons. The van der Waals surface area contributed by atoms with Crippen LogP contribution in [0.15, 0.2) is 53.2 Å². The van der Waals surface area contributed by atoms with Gasteiger partial charge in [0.1, 0.15) is 12.4 Å². The Morgan fingerprint density at radius 2 is 1.72 bits per heavy atom. The average Bonchev–Trinajstić information content (AvgIpc) is 3.14. The van der Waals surface area contributed by atoms with Crippen LogP contribution >= 0.6 is 11.6 Å². The zero-order chi connectivity index (χ0) is 19.8. The number of nitrogens with zero attached hydrogens (tertiary/aromatic N) is 2. The van der Waals surface area contributed by atoms with Crippen LogP contribution in [0.4, 0.5) is 5.82 Å². The molecule has 0 unspecified atom stereocenters. The summed E-state index contributed by atoms with van der Waals surface area (Å²) in [6.07, 6.45) is 0. The number of halogens is 2. The van der Waals surface area contributed by atoms with Crippen LogP contribution in [0.25, 0.3) is 0 Å². The number of rotatable bonds is 9. The van der Waals surface area contributed by atoms with Crippen molar-refractivity contribution in [3.8, 4) is 5.75 Å². The van der Waals surface area contributed by atoms with Gasteiger partial charge in [0, 0.05) is 24.7 Å². The first kappa shape index (κ1) is 22.5. The summed E-state index contributed by atoms with van der Waals surface area (Å²) in [6, 6.07) is 15.4. The van der Waals surface area contributed by atoms with Crippen LogP contribution < -0.4 is 33.5 Å². The van der Waals surface area contributed by atoms with Gasteiger partial charge in [-0.15, -0.1) is 0 Å². The number of nitrogen functional groups attached to an aromatic ring is 1. The summed E-state index contributed by atoms with van der Waals surface area (Å²) in [6.45, 7) is 2.17. The van der Waals surface area contributed by atoms with Gasteiger partial charge >= 0.3 is 0 Å². The second-order valence-corrected chi connectivity index (χ2v) is 6.43. The number of ether oxygens (including phenoxy) is 1.